The summed E-state index contributed by atoms with van der Waals surface area (Å²) in [5.41, 5.74) is 0. The number of carbonyl (C=O) groups excluding carboxylic acids is 1. The molecule has 1 saturated heterocycles. The monoisotopic (exact) mass is 214 g/mol. The van der Waals surface area contributed by atoms with Gasteiger partial charge < -0.3 is 15.7 Å². The molecule has 1 fully saturated rings. The molecule has 0 spiro atoms. The Labute approximate surface area is 91.4 Å². The van der Waals surface area contributed by atoms with E-state index in [2.05, 4.69) is 31.4 Å². The van der Waals surface area contributed by atoms with Crippen LogP contribution in [0, 0.1) is 5.92 Å². The summed E-state index contributed by atoms with van der Waals surface area (Å²) in [5.74, 6) is 0.470. The predicted octanol–water partition coefficient (Wildman–Crippen LogP) is 0.260. The standard InChI is InChI=1S/C11H22N2O2/c1-4-9(7(2)3)13-11(15)10-5-8(14)6-12-10/h7-10,12,14H,4-6H2,1-3H3,(H,13,15). The molecule has 3 atom stereocenters. The van der Waals surface area contributed by atoms with Crippen molar-refractivity contribution >= 4 is 5.91 Å². The second-order valence-corrected chi connectivity index (χ2v) is 4.62. The second-order valence-electron chi connectivity index (χ2n) is 4.62. The highest BCUT2D eigenvalue weighted by Gasteiger charge is 2.29. The van der Waals surface area contributed by atoms with E-state index in [1.54, 1.807) is 0 Å². The van der Waals surface area contributed by atoms with Crippen molar-refractivity contribution in [2.45, 2.75) is 51.8 Å². The van der Waals surface area contributed by atoms with Gasteiger partial charge in [0, 0.05) is 12.6 Å². The Morgan fingerprint density at radius 3 is 2.67 bits per heavy atom. The van der Waals surface area contributed by atoms with Crippen LogP contribution >= 0.6 is 0 Å². The molecule has 0 aliphatic carbocycles. The second kappa shape index (κ2) is 5.47. The van der Waals surface area contributed by atoms with E-state index in [0.29, 0.717) is 18.9 Å². The Bertz CT molecular complexity index is 219. The molecule has 1 rings (SSSR count). The van der Waals surface area contributed by atoms with Gasteiger partial charge >= 0.3 is 0 Å². The van der Waals surface area contributed by atoms with Crippen molar-refractivity contribution in [3.8, 4) is 0 Å². The van der Waals surface area contributed by atoms with E-state index in [0.717, 1.165) is 6.42 Å². The van der Waals surface area contributed by atoms with Gasteiger partial charge in [-0.15, -0.1) is 0 Å². The number of amides is 1. The molecule has 3 N–H and O–H groups in total. The first kappa shape index (κ1) is 12.5. The fraction of sp³-hybridized carbons (Fsp3) is 0.909. The van der Waals surface area contributed by atoms with Crippen LogP contribution in [-0.4, -0.2) is 35.7 Å². The van der Waals surface area contributed by atoms with Gasteiger partial charge in [-0.25, -0.2) is 0 Å². The molecule has 4 heteroatoms. The highest BCUT2D eigenvalue weighted by Crippen LogP contribution is 2.09. The van der Waals surface area contributed by atoms with Gasteiger partial charge in [0.2, 0.25) is 5.91 Å². The van der Waals surface area contributed by atoms with Crippen LogP contribution in [0.3, 0.4) is 0 Å². The van der Waals surface area contributed by atoms with Gasteiger partial charge in [0.1, 0.15) is 0 Å². The number of aliphatic hydroxyl groups excluding tert-OH is 1. The van der Waals surface area contributed by atoms with E-state index in [1.165, 1.54) is 0 Å². The van der Waals surface area contributed by atoms with Gasteiger partial charge in [-0.3, -0.25) is 4.79 Å². The van der Waals surface area contributed by atoms with Crippen molar-refractivity contribution in [1.82, 2.24) is 10.6 Å². The van der Waals surface area contributed by atoms with Crippen LogP contribution in [0.1, 0.15) is 33.6 Å². The van der Waals surface area contributed by atoms with Gasteiger partial charge in [-0.05, 0) is 18.8 Å². The summed E-state index contributed by atoms with van der Waals surface area (Å²) in [6, 6.07) is 0.0184. The zero-order valence-corrected chi connectivity index (χ0v) is 9.79. The van der Waals surface area contributed by atoms with E-state index in [1.807, 2.05) is 0 Å². The van der Waals surface area contributed by atoms with Crippen molar-refractivity contribution in [1.29, 1.82) is 0 Å². The predicted molar refractivity (Wildman–Crippen MR) is 59.5 cm³/mol. The van der Waals surface area contributed by atoms with Gasteiger partial charge in [0.15, 0.2) is 0 Å². The number of aliphatic hydroxyl groups is 1. The maximum Gasteiger partial charge on any atom is 0.237 e. The van der Waals surface area contributed by atoms with Crippen molar-refractivity contribution in [3.63, 3.8) is 0 Å². The lowest BCUT2D eigenvalue weighted by Gasteiger charge is -2.22. The summed E-state index contributed by atoms with van der Waals surface area (Å²) in [4.78, 5) is 11.8. The molecular formula is C11H22N2O2. The highest BCUT2D eigenvalue weighted by molar-refractivity contribution is 5.82. The van der Waals surface area contributed by atoms with E-state index < -0.39 is 0 Å². The largest absolute Gasteiger partial charge is 0.392 e. The Morgan fingerprint density at radius 1 is 1.60 bits per heavy atom. The Morgan fingerprint density at radius 2 is 2.27 bits per heavy atom. The summed E-state index contributed by atoms with van der Waals surface area (Å²) in [7, 11) is 0. The van der Waals surface area contributed by atoms with Crippen LogP contribution in [0.5, 0.6) is 0 Å². The van der Waals surface area contributed by atoms with E-state index in [4.69, 9.17) is 0 Å². The number of carbonyl (C=O) groups is 1. The summed E-state index contributed by atoms with van der Waals surface area (Å²) in [6.07, 6.45) is 1.10. The normalized spacial score (nSPS) is 28.1. The molecule has 1 amide bonds. The van der Waals surface area contributed by atoms with Crippen molar-refractivity contribution in [2.24, 2.45) is 5.92 Å². The van der Waals surface area contributed by atoms with Crippen LogP contribution in [-0.2, 0) is 4.79 Å². The molecule has 3 unspecified atom stereocenters. The quantitative estimate of drug-likeness (QED) is 0.629. The zero-order chi connectivity index (χ0) is 11.4. The SMILES string of the molecule is CCC(NC(=O)C1CC(O)CN1)C(C)C. The maximum absolute atomic E-state index is 11.8. The molecule has 15 heavy (non-hydrogen) atoms. The maximum atomic E-state index is 11.8. The molecule has 0 bridgehead atoms. The summed E-state index contributed by atoms with van der Waals surface area (Å²) >= 11 is 0. The minimum Gasteiger partial charge on any atom is -0.392 e. The third-order valence-corrected chi connectivity index (χ3v) is 3.00. The zero-order valence-electron chi connectivity index (χ0n) is 9.79. The van der Waals surface area contributed by atoms with Crippen LogP contribution < -0.4 is 10.6 Å². The fourth-order valence-electron chi connectivity index (χ4n) is 1.94. The van der Waals surface area contributed by atoms with Gasteiger partial charge in [0.25, 0.3) is 0 Å². The summed E-state index contributed by atoms with van der Waals surface area (Å²) in [6.45, 7) is 6.80. The van der Waals surface area contributed by atoms with Crippen LogP contribution in [0.15, 0.2) is 0 Å². The van der Waals surface area contributed by atoms with Crippen LogP contribution in [0.25, 0.3) is 0 Å². The molecule has 1 aliphatic rings. The van der Waals surface area contributed by atoms with E-state index in [9.17, 15) is 9.90 Å². The Hall–Kier alpha value is -0.610. The molecule has 0 aromatic heterocycles. The lowest BCUT2D eigenvalue weighted by atomic mass is 10.0. The van der Waals surface area contributed by atoms with Crippen molar-refractivity contribution in [2.75, 3.05) is 6.54 Å². The van der Waals surface area contributed by atoms with E-state index in [-0.39, 0.29) is 24.1 Å². The third-order valence-electron chi connectivity index (χ3n) is 3.00. The van der Waals surface area contributed by atoms with Gasteiger partial charge in [-0.2, -0.15) is 0 Å². The average molecular weight is 214 g/mol. The number of hydrogen-bond donors (Lipinski definition) is 3. The minimum absolute atomic E-state index is 0.0205. The highest BCUT2D eigenvalue weighted by atomic mass is 16.3. The smallest absolute Gasteiger partial charge is 0.237 e. The minimum atomic E-state index is -0.375. The van der Waals surface area contributed by atoms with Crippen molar-refractivity contribution < 1.29 is 9.90 Å². The first-order valence-corrected chi connectivity index (χ1v) is 5.76. The summed E-state index contributed by atoms with van der Waals surface area (Å²) in [5, 5.41) is 15.3. The third kappa shape index (κ3) is 3.47. The van der Waals surface area contributed by atoms with Gasteiger partial charge in [0.05, 0.1) is 12.1 Å². The molecule has 0 aromatic rings. The van der Waals surface area contributed by atoms with Crippen molar-refractivity contribution in [3.05, 3.63) is 0 Å². The number of β-amino-alcohol motifs (C(OH)–C–C–N with tert-alkyl or cyclic N) is 1. The first-order valence-electron chi connectivity index (χ1n) is 5.76. The molecule has 88 valence electrons. The Kier molecular flexibility index (Phi) is 4.54. The number of rotatable bonds is 4. The average Bonchev–Trinajstić information content (AvgIpc) is 2.60. The van der Waals surface area contributed by atoms with Crippen LogP contribution in [0.4, 0.5) is 0 Å². The van der Waals surface area contributed by atoms with Crippen LogP contribution in [0.2, 0.25) is 0 Å². The molecule has 0 radical (unpaired) electrons. The molecule has 4 nitrogen and oxygen atoms in total. The van der Waals surface area contributed by atoms with Gasteiger partial charge in [-0.1, -0.05) is 20.8 Å². The Balaban J connectivity index is 2.40. The number of nitrogens with one attached hydrogen (secondary N) is 2. The molecule has 1 aliphatic heterocycles. The molecular weight excluding hydrogens is 192 g/mol. The lowest BCUT2D eigenvalue weighted by Crippen LogP contribution is -2.46. The lowest BCUT2D eigenvalue weighted by molar-refractivity contribution is -0.124. The molecule has 0 saturated carbocycles. The molecule has 0 aromatic carbocycles. The van der Waals surface area contributed by atoms with E-state index >= 15 is 0 Å². The fourth-order valence-corrected chi connectivity index (χ4v) is 1.94. The topological polar surface area (TPSA) is 61.4 Å². The summed E-state index contributed by atoms with van der Waals surface area (Å²) < 4.78 is 0. The number of hydrogen-bond acceptors (Lipinski definition) is 3. The first-order chi connectivity index (χ1) is 7.04. The molecule has 1 heterocycles.